The summed E-state index contributed by atoms with van der Waals surface area (Å²) in [5.41, 5.74) is 4.30. The van der Waals surface area contributed by atoms with Gasteiger partial charge in [0.15, 0.2) is 0 Å². The van der Waals surface area contributed by atoms with E-state index in [1.807, 2.05) is 36.2 Å². The fraction of sp³-hybridized carbons (Fsp3) is 0.115. The van der Waals surface area contributed by atoms with Gasteiger partial charge in [0.25, 0.3) is 0 Å². The minimum absolute atomic E-state index is 0.109. The molecule has 0 aliphatic carbocycles. The van der Waals surface area contributed by atoms with E-state index in [0.717, 1.165) is 11.3 Å². The van der Waals surface area contributed by atoms with Gasteiger partial charge in [-0.15, -0.1) is 0 Å². The largest absolute Gasteiger partial charge is 0.353 e. The Morgan fingerprint density at radius 2 is 1.59 bits per heavy atom. The molecule has 3 nitrogen and oxygen atoms in total. The Morgan fingerprint density at radius 1 is 0.966 bits per heavy atom. The van der Waals surface area contributed by atoms with E-state index >= 15 is 0 Å². The first-order chi connectivity index (χ1) is 14.1. The van der Waals surface area contributed by atoms with Crippen LogP contribution in [0.4, 0.5) is 0 Å². The molecule has 0 amide bonds. The first kappa shape index (κ1) is 18.8. The van der Waals surface area contributed by atoms with Crippen molar-refractivity contribution in [3.8, 4) is 5.69 Å². The Hall–Kier alpha value is -3.59. The molecule has 1 aromatic heterocycles. The van der Waals surface area contributed by atoms with E-state index in [9.17, 15) is 0 Å². The minimum atomic E-state index is 0.109. The van der Waals surface area contributed by atoms with E-state index in [0.29, 0.717) is 5.84 Å². The number of allylic oxidation sites excluding steroid dienone is 2. The summed E-state index contributed by atoms with van der Waals surface area (Å²) in [6.45, 7) is 5.80. The molecule has 3 heteroatoms. The molecule has 0 fully saturated rings. The van der Waals surface area contributed by atoms with Gasteiger partial charge in [-0.3, -0.25) is 5.41 Å². The molecule has 0 aliphatic rings. The number of benzene rings is 3. The number of amidine groups is 1. The standard InChI is InChI=1S/C26H25N3/c1-4-5-11-19(2)28(3)26(27)20-12-10-13-21(18-20)29-24-16-8-6-14-22(24)23-15-7-9-17-25(23)29/h4-19,27H,1H2,2-3H3/b11-5-,27-26?. The second-order valence-corrected chi connectivity index (χ2v) is 7.24. The van der Waals surface area contributed by atoms with Gasteiger partial charge in [0.05, 0.1) is 11.0 Å². The van der Waals surface area contributed by atoms with Crippen molar-refractivity contribution >= 4 is 27.6 Å². The lowest BCUT2D eigenvalue weighted by atomic mass is 10.1. The van der Waals surface area contributed by atoms with Gasteiger partial charge in [-0.1, -0.05) is 73.3 Å². The van der Waals surface area contributed by atoms with Crippen LogP contribution in [0.2, 0.25) is 0 Å². The summed E-state index contributed by atoms with van der Waals surface area (Å²) in [6.07, 6.45) is 5.72. The molecule has 0 saturated heterocycles. The number of fused-ring (bicyclic) bond motifs is 3. The molecule has 3 aromatic carbocycles. The fourth-order valence-corrected chi connectivity index (χ4v) is 3.77. The van der Waals surface area contributed by atoms with Gasteiger partial charge in [0, 0.05) is 35.1 Å². The first-order valence-corrected chi connectivity index (χ1v) is 9.81. The van der Waals surface area contributed by atoms with Crippen LogP contribution in [0, 0.1) is 5.41 Å². The molecule has 0 saturated carbocycles. The predicted octanol–water partition coefficient (Wildman–Crippen LogP) is 6.17. The average molecular weight is 380 g/mol. The Balaban J connectivity index is 1.81. The van der Waals surface area contributed by atoms with E-state index in [2.05, 4.69) is 78.7 Å². The molecule has 1 unspecified atom stereocenters. The number of hydrogen-bond acceptors (Lipinski definition) is 1. The average Bonchev–Trinajstić information content (AvgIpc) is 3.11. The van der Waals surface area contributed by atoms with Crippen molar-refractivity contribution in [2.45, 2.75) is 13.0 Å². The summed E-state index contributed by atoms with van der Waals surface area (Å²) < 4.78 is 2.28. The Labute approximate surface area is 171 Å². The maximum Gasteiger partial charge on any atom is 0.128 e. The molecule has 0 radical (unpaired) electrons. The minimum Gasteiger partial charge on any atom is -0.353 e. The third-order valence-corrected chi connectivity index (χ3v) is 5.45. The lowest BCUT2D eigenvalue weighted by molar-refractivity contribution is 0.451. The fourth-order valence-electron chi connectivity index (χ4n) is 3.77. The molecule has 1 heterocycles. The smallest absolute Gasteiger partial charge is 0.128 e. The monoisotopic (exact) mass is 379 g/mol. The van der Waals surface area contributed by atoms with Crippen LogP contribution in [0.15, 0.2) is 97.6 Å². The molecule has 144 valence electrons. The maximum atomic E-state index is 8.71. The molecular weight excluding hydrogens is 354 g/mol. The van der Waals surface area contributed by atoms with Crippen LogP contribution >= 0.6 is 0 Å². The van der Waals surface area contributed by atoms with Gasteiger partial charge >= 0.3 is 0 Å². The Kier molecular flexibility index (Phi) is 5.05. The van der Waals surface area contributed by atoms with E-state index in [1.165, 1.54) is 21.8 Å². The highest BCUT2D eigenvalue weighted by Crippen LogP contribution is 2.31. The number of rotatable bonds is 5. The van der Waals surface area contributed by atoms with Gasteiger partial charge in [-0.05, 0) is 31.2 Å². The van der Waals surface area contributed by atoms with Gasteiger partial charge in [-0.2, -0.15) is 0 Å². The molecule has 1 N–H and O–H groups in total. The quantitative estimate of drug-likeness (QED) is 0.251. The van der Waals surface area contributed by atoms with Crippen LogP contribution in [0.1, 0.15) is 12.5 Å². The zero-order valence-electron chi connectivity index (χ0n) is 16.8. The SMILES string of the molecule is C=C/C=C\C(C)N(C)C(=N)c1cccc(-n2c3ccccc3c3ccccc32)c1. The lowest BCUT2D eigenvalue weighted by Gasteiger charge is -2.25. The highest BCUT2D eigenvalue weighted by molar-refractivity contribution is 6.09. The first-order valence-electron chi connectivity index (χ1n) is 9.81. The van der Waals surface area contributed by atoms with Crippen molar-refractivity contribution in [2.75, 3.05) is 7.05 Å². The number of likely N-dealkylation sites (N-methyl/N-ethyl adjacent to an activating group) is 1. The Bertz CT molecular complexity index is 1180. The second-order valence-electron chi connectivity index (χ2n) is 7.24. The van der Waals surface area contributed by atoms with Crippen molar-refractivity contribution in [1.82, 2.24) is 9.47 Å². The molecule has 4 rings (SSSR count). The molecule has 4 aromatic rings. The number of hydrogen-bond donors (Lipinski definition) is 1. The summed E-state index contributed by atoms with van der Waals surface area (Å²) in [4.78, 5) is 1.96. The van der Waals surface area contributed by atoms with Crippen molar-refractivity contribution in [2.24, 2.45) is 0 Å². The van der Waals surface area contributed by atoms with Crippen molar-refractivity contribution in [3.63, 3.8) is 0 Å². The van der Waals surface area contributed by atoms with Gasteiger partial charge < -0.3 is 9.47 Å². The summed E-state index contributed by atoms with van der Waals surface area (Å²) in [5.74, 6) is 0.494. The number of aromatic nitrogens is 1. The molecule has 0 bridgehead atoms. The molecule has 1 atom stereocenters. The van der Waals surface area contributed by atoms with Crippen LogP contribution in [-0.2, 0) is 0 Å². The van der Waals surface area contributed by atoms with Crippen molar-refractivity contribution in [1.29, 1.82) is 5.41 Å². The third-order valence-electron chi connectivity index (χ3n) is 5.45. The Morgan fingerprint density at radius 3 is 2.21 bits per heavy atom. The summed E-state index contributed by atoms with van der Waals surface area (Å²) >= 11 is 0. The normalized spacial score (nSPS) is 12.5. The van der Waals surface area contributed by atoms with Crippen LogP contribution in [0.5, 0.6) is 0 Å². The lowest BCUT2D eigenvalue weighted by Crippen LogP contribution is -2.33. The van der Waals surface area contributed by atoms with Gasteiger partial charge in [0.2, 0.25) is 0 Å². The number of para-hydroxylation sites is 2. The third kappa shape index (κ3) is 3.36. The van der Waals surface area contributed by atoms with Crippen molar-refractivity contribution < 1.29 is 0 Å². The highest BCUT2D eigenvalue weighted by Gasteiger charge is 2.15. The van der Waals surface area contributed by atoms with Gasteiger partial charge in [-0.25, -0.2) is 0 Å². The molecule has 29 heavy (non-hydrogen) atoms. The predicted molar refractivity (Wildman–Crippen MR) is 124 cm³/mol. The molecule has 0 spiro atoms. The zero-order valence-corrected chi connectivity index (χ0v) is 16.8. The van der Waals surface area contributed by atoms with Crippen LogP contribution in [0.25, 0.3) is 27.5 Å². The van der Waals surface area contributed by atoms with Crippen molar-refractivity contribution in [3.05, 3.63) is 103 Å². The highest BCUT2D eigenvalue weighted by atomic mass is 15.2. The molecular formula is C26H25N3. The van der Waals surface area contributed by atoms with Crippen LogP contribution < -0.4 is 0 Å². The summed E-state index contributed by atoms with van der Waals surface area (Å²) in [5, 5.41) is 11.2. The number of nitrogens with zero attached hydrogens (tertiary/aromatic N) is 2. The van der Waals surface area contributed by atoms with E-state index < -0.39 is 0 Å². The summed E-state index contributed by atoms with van der Waals surface area (Å²) in [6, 6.07) is 25.3. The van der Waals surface area contributed by atoms with Crippen LogP contribution in [0.3, 0.4) is 0 Å². The van der Waals surface area contributed by atoms with E-state index in [-0.39, 0.29) is 6.04 Å². The molecule has 0 aliphatic heterocycles. The van der Waals surface area contributed by atoms with Gasteiger partial charge in [0.1, 0.15) is 5.84 Å². The summed E-state index contributed by atoms with van der Waals surface area (Å²) in [7, 11) is 1.95. The second kappa shape index (κ2) is 7.80. The number of nitrogens with one attached hydrogen (secondary N) is 1. The van der Waals surface area contributed by atoms with E-state index in [4.69, 9.17) is 5.41 Å². The topological polar surface area (TPSA) is 32.0 Å². The zero-order chi connectivity index (χ0) is 20.4. The van der Waals surface area contributed by atoms with E-state index in [1.54, 1.807) is 6.08 Å². The van der Waals surface area contributed by atoms with Crippen LogP contribution in [-0.4, -0.2) is 28.4 Å². The maximum absolute atomic E-state index is 8.71.